The van der Waals surface area contributed by atoms with Crippen LogP contribution in [0.25, 0.3) is 0 Å². The predicted molar refractivity (Wildman–Crippen MR) is 67.6 cm³/mol. The van der Waals surface area contributed by atoms with E-state index in [-0.39, 0.29) is 18.0 Å². The van der Waals surface area contributed by atoms with Crippen LogP contribution in [0.4, 0.5) is 0 Å². The number of para-hydroxylation sites is 1. The number of Topliss-reactive ketones (excluding diaryl/α,β-unsaturated/α-hetero) is 1. The average molecular weight is 247 g/mol. The van der Waals surface area contributed by atoms with E-state index >= 15 is 0 Å². The highest BCUT2D eigenvalue weighted by atomic mass is 35.5. The van der Waals surface area contributed by atoms with Gasteiger partial charge in [-0.05, 0) is 30.3 Å². The minimum absolute atomic E-state index is 0.0387. The van der Waals surface area contributed by atoms with Crippen LogP contribution in [0.1, 0.15) is 15.9 Å². The van der Waals surface area contributed by atoms with E-state index in [1.165, 1.54) is 0 Å². The third kappa shape index (κ3) is 2.86. The van der Waals surface area contributed by atoms with E-state index in [0.29, 0.717) is 16.1 Å². The molecule has 0 bridgehead atoms. The highest BCUT2D eigenvalue weighted by molar-refractivity contribution is 6.30. The normalized spacial score (nSPS) is 10.2. The molecule has 0 radical (unpaired) electrons. The summed E-state index contributed by atoms with van der Waals surface area (Å²) in [6.07, 6.45) is 0.189. The zero-order chi connectivity index (χ0) is 12.3. The molecule has 0 aliphatic heterocycles. The molecule has 0 unspecified atom stereocenters. The fourth-order valence-electron chi connectivity index (χ4n) is 1.57. The minimum atomic E-state index is -0.0387. The van der Waals surface area contributed by atoms with Gasteiger partial charge < -0.3 is 5.11 Å². The summed E-state index contributed by atoms with van der Waals surface area (Å²) in [5.74, 6) is 0.109. The van der Waals surface area contributed by atoms with E-state index in [1.807, 2.05) is 0 Å². The second-order valence-electron chi connectivity index (χ2n) is 3.74. The molecule has 17 heavy (non-hydrogen) atoms. The van der Waals surface area contributed by atoms with E-state index in [2.05, 4.69) is 0 Å². The van der Waals surface area contributed by atoms with Crippen molar-refractivity contribution in [3.05, 3.63) is 64.7 Å². The molecule has 0 saturated heterocycles. The van der Waals surface area contributed by atoms with Gasteiger partial charge in [-0.2, -0.15) is 0 Å². The predicted octanol–water partition coefficient (Wildman–Crippen LogP) is 3.47. The van der Waals surface area contributed by atoms with Crippen molar-refractivity contribution in [2.75, 3.05) is 0 Å². The van der Waals surface area contributed by atoms with Crippen LogP contribution in [0.15, 0.2) is 48.5 Å². The molecule has 2 aromatic carbocycles. The van der Waals surface area contributed by atoms with Crippen molar-refractivity contribution in [3.8, 4) is 5.75 Å². The lowest BCUT2D eigenvalue weighted by atomic mass is 10.0. The Bertz CT molecular complexity index is 532. The number of ketones is 1. The van der Waals surface area contributed by atoms with Crippen molar-refractivity contribution in [2.45, 2.75) is 6.42 Å². The molecule has 0 spiro atoms. The highest BCUT2D eigenvalue weighted by Gasteiger charge is 2.09. The van der Waals surface area contributed by atoms with E-state index in [0.717, 1.165) is 0 Å². The SMILES string of the molecule is O=C(Cc1ccccc1O)c1ccc(Cl)cc1. The summed E-state index contributed by atoms with van der Waals surface area (Å²) in [6, 6.07) is 13.6. The van der Waals surface area contributed by atoms with Gasteiger partial charge in [-0.25, -0.2) is 0 Å². The molecular formula is C14H11ClO2. The molecule has 2 aromatic rings. The first-order valence-corrected chi connectivity index (χ1v) is 5.60. The maximum absolute atomic E-state index is 11.9. The minimum Gasteiger partial charge on any atom is -0.508 e. The van der Waals surface area contributed by atoms with Crippen LogP contribution in [0.5, 0.6) is 5.75 Å². The van der Waals surface area contributed by atoms with E-state index in [9.17, 15) is 9.90 Å². The molecule has 0 atom stereocenters. The second kappa shape index (κ2) is 5.02. The van der Waals surface area contributed by atoms with Crippen molar-refractivity contribution in [2.24, 2.45) is 0 Å². The molecule has 0 saturated carbocycles. The van der Waals surface area contributed by atoms with Crippen LogP contribution >= 0.6 is 11.6 Å². The quantitative estimate of drug-likeness (QED) is 0.842. The molecule has 0 fully saturated rings. The highest BCUT2D eigenvalue weighted by Crippen LogP contribution is 2.18. The number of hydrogen-bond acceptors (Lipinski definition) is 2. The summed E-state index contributed by atoms with van der Waals surface area (Å²) in [4.78, 5) is 11.9. The Morgan fingerprint density at radius 1 is 1.06 bits per heavy atom. The third-order valence-electron chi connectivity index (χ3n) is 2.51. The van der Waals surface area contributed by atoms with Crippen molar-refractivity contribution in [1.29, 1.82) is 0 Å². The zero-order valence-electron chi connectivity index (χ0n) is 9.06. The van der Waals surface area contributed by atoms with Crippen LogP contribution in [-0.4, -0.2) is 10.9 Å². The summed E-state index contributed by atoms with van der Waals surface area (Å²) < 4.78 is 0. The van der Waals surface area contributed by atoms with E-state index in [4.69, 9.17) is 11.6 Å². The first kappa shape index (κ1) is 11.7. The topological polar surface area (TPSA) is 37.3 Å². The number of carbonyl (C=O) groups is 1. The fraction of sp³-hybridized carbons (Fsp3) is 0.0714. The van der Waals surface area contributed by atoms with Gasteiger partial charge in [-0.15, -0.1) is 0 Å². The van der Waals surface area contributed by atoms with Gasteiger partial charge >= 0.3 is 0 Å². The van der Waals surface area contributed by atoms with Gasteiger partial charge in [0.05, 0.1) is 0 Å². The first-order chi connectivity index (χ1) is 8.16. The lowest BCUT2D eigenvalue weighted by Crippen LogP contribution is -2.03. The van der Waals surface area contributed by atoms with Crippen LogP contribution in [0.2, 0.25) is 5.02 Å². The van der Waals surface area contributed by atoms with Gasteiger partial charge in [-0.1, -0.05) is 29.8 Å². The van der Waals surface area contributed by atoms with Crippen LogP contribution < -0.4 is 0 Å². The third-order valence-corrected chi connectivity index (χ3v) is 2.76. The Morgan fingerprint density at radius 3 is 2.35 bits per heavy atom. The lowest BCUT2D eigenvalue weighted by molar-refractivity contribution is 0.0992. The molecule has 1 N–H and O–H groups in total. The largest absolute Gasteiger partial charge is 0.508 e. The van der Waals surface area contributed by atoms with Crippen molar-refractivity contribution in [1.82, 2.24) is 0 Å². The number of phenolic OH excluding ortho intramolecular Hbond substituents is 1. The lowest BCUT2D eigenvalue weighted by Gasteiger charge is -2.03. The average Bonchev–Trinajstić information content (AvgIpc) is 2.33. The van der Waals surface area contributed by atoms with Gasteiger partial charge in [0.15, 0.2) is 5.78 Å². The maximum Gasteiger partial charge on any atom is 0.167 e. The van der Waals surface area contributed by atoms with E-state index < -0.39 is 0 Å². The zero-order valence-corrected chi connectivity index (χ0v) is 9.82. The Hall–Kier alpha value is -1.80. The standard InChI is InChI=1S/C14H11ClO2/c15-12-7-5-10(6-8-12)14(17)9-11-3-1-2-4-13(11)16/h1-8,16H,9H2. The van der Waals surface area contributed by atoms with Gasteiger partial charge in [-0.3, -0.25) is 4.79 Å². The Labute approximate surface area is 104 Å². The Morgan fingerprint density at radius 2 is 1.71 bits per heavy atom. The number of halogens is 1. The van der Waals surface area contributed by atoms with Gasteiger partial charge in [0.25, 0.3) is 0 Å². The summed E-state index contributed by atoms with van der Waals surface area (Å²) in [7, 11) is 0. The summed E-state index contributed by atoms with van der Waals surface area (Å²) >= 11 is 5.75. The second-order valence-corrected chi connectivity index (χ2v) is 4.17. The molecule has 3 heteroatoms. The number of phenols is 1. The molecule has 86 valence electrons. The summed E-state index contributed by atoms with van der Waals surface area (Å²) in [6.45, 7) is 0. The Kier molecular flexibility index (Phi) is 3.45. The maximum atomic E-state index is 11.9. The van der Waals surface area contributed by atoms with Crippen molar-refractivity contribution in [3.63, 3.8) is 0 Å². The van der Waals surface area contributed by atoms with Crippen molar-refractivity contribution >= 4 is 17.4 Å². The number of hydrogen-bond donors (Lipinski definition) is 1. The van der Waals surface area contributed by atoms with Crippen LogP contribution in [0.3, 0.4) is 0 Å². The van der Waals surface area contributed by atoms with Gasteiger partial charge in [0.2, 0.25) is 0 Å². The molecule has 0 amide bonds. The number of aromatic hydroxyl groups is 1. The Balaban J connectivity index is 2.17. The smallest absolute Gasteiger partial charge is 0.167 e. The molecule has 0 aliphatic carbocycles. The first-order valence-electron chi connectivity index (χ1n) is 5.22. The number of benzene rings is 2. The van der Waals surface area contributed by atoms with E-state index in [1.54, 1.807) is 48.5 Å². The molecule has 0 aromatic heterocycles. The van der Waals surface area contributed by atoms with Crippen LogP contribution in [0, 0.1) is 0 Å². The van der Waals surface area contributed by atoms with Gasteiger partial charge in [0.1, 0.15) is 5.75 Å². The summed E-state index contributed by atoms with van der Waals surface area (Å²) in [5.41, 5.74) is 1.23. The monoisotopic (exact) mass is 246 g/mol. The summed E-state index contributed by atoms with van der Waals surface area (Å²) in [5, 5.41) is 10.2. The molecule has 2 nitrogen and oxygen atoms in total. The molecule has 0 aliphatic rings. The fourth-order valence-corrected chi connectivity index (χ4v) is 1.70. The van der Waals surface area contributed by atoms with Crippen molar-refractivity contribution < 1.29 is 9.90 Å². The van der Waals surface area contributed by atoms with Crippen LogP contribution in [-0.2, 0) is 6.42 Å². The molecule has 0 heterocycles. The number of rotatable bonds is 3. The number of carbonyl (C=O) groups excluding carboxylic acids is 1. The molecule has 2 rings (SSSR count). The van der Waals surface area contributed by atoms with Gasteiger partial charge in [0, 0.05) is 22.6 Å². The molecular weight excluding hydrogens is 236 g/mol.